The number of hydrogen-bond acceptors (Lipinski definition) is 15. The van der Waals surface area contributed by atoms with Crippen LogP contribution in [-0.4, -0.2) is 161 Å². The van der Waals surface area contributed by atoms with E-state index in [0.717, 1.165) is 17.4 Å². The minimum Gasteiger partial charge on any atom is -0.416 e. The van der Waals surface area contributed by atoms with Gasteiger partial charge in [0.05, 0.1) is 27.7 Å². The smallest absolute Gasteiger partial charge is 0.416 e. The lowest BCUT2D eigenvalue weighted by molar-refractivity contribution is -0.870. The Morgan fingerprint density at radius 2 is 0.585 bits per heavy atom. The van der Waals surface area contributed by atoms with Gasteiger partial charge in [-0.15, -0.1) is 0 Å². The topological polar surface area (TPSA) is 138 Å². The van der Waals surface area contributed by atoms with Crippen LogP contribution in [0, 0.1) is 0 Å². The molecule has 0 fully saturated rings. The summed E-state index contributed by atoms with van der Waals surface area (Å²) in [6.07, 6.45) is 0.902. The maximum Gasteiger partial charge on any atom is 0.491 e. The van der Waals surface area contributed by atoms with Crippen LogP contribution in [0.5, 0.6) is 0 Å². The van der Waals surface area contributed by atoms with Crippen LogP contribution in [0.2, 0.25) is 104 Å². The fraction of sp³-hybridized carbons (Fsp3) is 1.00. The van der Waals surface area contributed by atoms with Crippen molar-refractivity contribution in [2.45, 2.75) is 111 Å². The molecule has 320 valence electrons. The molecule has 0 aromatic heterocycles. The lowest BCUT2D eigenvalue weighted by Gasteiger charge is -2.44. The zero-order valence-corrected chi connectivity index (χ0v) is 47.7. The monoisotopic (exact) mass is 936 g/mol. The van der Waals surface area contributed by atoms with Gasteiger partial charge in [0.2, 0.25) is 0 Å². The Bertz CT molecular complexity index is 1110. The third kappa shape index (κ3) is 21.4. The Morgan fingerprint density at radius 1 is 0.321 bits per heavy atom. The van der Waals surface area contributed by atoms with Crippen molar-refractivity contribution in [1.29, 1.82) is 0 Å². The van der Waals surface area contributed by atoms with Crippen molar-refractivity contribution in [3.05, 3.63) is 0 Å². The van der Waals surface area contributed by atoms with Crippen molar-refractivity contribution < 1.29 is 68.1 Å². The Morgan fingerprint density at radius 3 is 0.849 bits per heavy atom. The van der Waals surface area contributed by atoms with E-state index in [9.17, 15) is 0 Å². The van der Waals surface area contributed by atoms with E-state index in [2.05, 4.69) is 21.1 Å². The van der Waals surface area contributed by atoms with Gasteiger partial charge in [0.25, 0.3) is 0 Å². The van der Waals surface area contributed by atoms with E-state index in [1.807, 2.05) is 98.2 Å². The minimum absolute atomic E-state index is 0.691. The fourth-order valence-corrected chi connectivity index (χ4v) is 50.2. The Balaban J connectivity index is 5.89. The second-order valence-corrected chi connectivity index (χ2v) is 50.6. The van der Waals surface area contributed by atoms with Crippen LogP contribution < -0.4 is 0 Å². The molecule has 0 radical (unpaired) electrons. The normalized spacial score (nSPS) is 17.2. The maximum atomic E-state index is 6.76. The van der Waals surface area contributed by atoms with Crippen molar-refractivity contribution in [3.63, 3.8) is 0 Å². The molecule has 0 spiro atoms. The Hall–Kier alpha value is 1.53. The average Bonchev–Trinajstić information content (AvgIpc) is 2.91. The van der Waals surface area contributed by atoms with Gasteiger partial charge in [-0.2, -0.15) is 0 Å². The first-order chi connectivity index (χ1) is 23.4. The number of rotatable bonds is 28. The summed E-state index contributed by atoms with van der Waals surface area (Å²) < 4.78 is 95.4. The van der Waals surface area contributed by atoms with Gasteiger partial charge in [-0.05, 0) is 78.6 Å². The van der Waals surface area contributed by atoms with Gasteiger partial charge in [0, 0.05) is 74.8 Å². The zero-order chi connectivity index (χ0) is 42.2. The molecule has 16 nitrogen and oxygen atoms in total. The SMILES string of the molecule is CO[Si](C)(OC)O[Si](C)(C)O[Si](C)(C)O[Si](C)(C)O[Si](C)(OC)O[Si](C)(OC)O[Si](C)(C)O[Si](C)(C)O[Si](C)(C)O[Si](CCC[N+](C)(C)C)(OC)OC. The first-order valence-electron chi connectivity index (χ1n) is 17.9. The van der Waals surface area contributed by atoms with Crippen LogP contribution in [0.4, 0.5) is 0 Å². The van der Waals surface area contributed by atoms with Crippen LogP contribution in [-0.2, 0) is 63.6 Å². The van der Waals surface area contributed by atoms with E-state index in [4.69, 9.17) is 63.6 Å². The first kappa shape index (κ1) is 54.5. The summed E-state index contributed by atoms with van der Waals surface area (Å²) in [5.74, 6) is 0. The van der Waals surface area contributed by atoms with Gasteiger partial charge in [-0.1, -0.05) is 0 Å². The highest BCUT2D eigenvalue weighted by Gasteiger charge is 2.56. The standard InChI is InChI=1S/C27H78NO15Si10/c1-28(2,3)26-25-27-53(33-8,34-9)42-49(20,21)38-45(12,13)37-48(18,19)41-52(24,32-7)43-51(23,31-6)40-47(16,17)36-44(10,11)35-46(14,15)39-50(22,29-4)30-5/h25-27H2,1-24H3/q+1. The number of hydrogen-bond donors (Lipinski definition) is 0. The maximum absolute atomic E-state index is 6.76. The molecule has 2 atom stereocenters. The molecular weight excluding hydrogens is 859 g/mol. The Kier molecular flexibility index (Phi) is 20.8. The van der Waals surface area contributed by atoms with Gasteiger partial charge in [-0.3, -0.25) is 0 Å². The molecule has 0 bridgehead atoms. The molecule has 0 saturated heterocycles. The predicted octanol–water partition coefficient (Wildman–Crippen LogP) is 5.97. The van der Waals surface area contributed by atoms with Crippen molar-refractivity contribution in [1.82, 2.24) is 0 Å². The van der Waals surface area contributed by atoms with Crippen LogP contribution in [0.3, 0.4) is 0 Å². The highest BCUT2D eigenvalue weighted by atomic mass is 28.5. The van der Waals surface area contributed by atoms with Gasteiger partial charge >= 0.3 is 86.6 Å². The van der Waals surface area contributed by atoms with Gasteiger partial charge in [-0.25, -0.2) is 0 Å². The average molecular weight is 938 g/mol. The second kappa shape index (κ2) is 20.2. The first-order valence-corrected chi connectivity index (χ1v) is 43.4. The molecule has 0 heterocycles. The Labute approximate surface area is 334 Å². The summed E-state index contributed by atoms with van der Waals surface area (Å²) in [7, 11) is -13.6. The summed E-state index contributed by atoms with van der Waals surface area (Å²) in [4.78, 5) is 0. The molecule has 53 heavy (non-hydrogen) atoms. The summed E-state index contributed by atoms with van der Waals surface area (Å²) in [5, 5.41) is 0. The minimum atomic E-state index is -3.41. The molecule has 0 aliphatic carbocycles. The molecule has 0 saturated carbocycles. The molecular formula is C27H78NO15Si10+. The molecule has 2 unspecified atom stereocenters. The molecule has 0 aliphatic rings. The van der Waals surface area contributed by atoms with Crippen molar-refractivity contribution in [2.75, 3.05) is 70.3 Å². The van der Waals surface area contributed by atoms with Gasteiger partial charge < -0.3 is 68.1 Å². The van der Waals surface area contributed by atoms with Crippen molar-refractivity contribution in [2.24, 2.45) is 0 Å². The second-order valence-electron chi connectivity index (χ2n) is 16.9. The molecule has 0 amide bonds. The van der Waals surface area contributed by atoms with E-state index in [-0.39, 0.29) is 0 Å². The van der Waals surface area contributed by atoms with Crippen LogP contribution >= 0.6 is 0 Å². The third-order valence-corrected chi connectivity index (χ3v) is 44.9. The molecule has 26 heteroatoms. The quantitative estimate of drug-likeness (QED) is 0.0673. The van der Waals surface area contributed by atoms with Crippen LogP contribution in [0.1, 0.15) is 6.42 Å². The van der Waals surface area contributed by atoms with Crippen molar-refractivity contribution >= 4 is 86.6 Å². The van der Waals surface area contributed by atoms with E-state index in [1.165, 1.54) is 0 Å². The lowest BCUT2D eigenvalue weighted by atomic mass is 10.4. The molecule has 0 aromatic rings. The highest BCUT2D eigenvalue weighted by molar-refractivity contribution is 6.91. The highest BCUT2D eigenvalue weighted by Crippen LogP contribution is 2.32. The summed E-state index contributed by atoms with van der Waals surface area (Å²) in [5.41, 5.74) is 0. The third-order valence-electron chi connectivity index (χ3n) is 7.45. The van der Waals surface area contributed by atoms with Crippen LogP contribution in [0.15, 0.2) is 0 Å². The van der Waals surface area contributed by atoms with E-state index < -0.39 is 86.6 Å². The van der Waals surface area contributed by atoms with Crippen molar-refractivity contribution in [3.8, 4) is 0 Å². The van der Waals surface area contributed by atoms with Crippen LogP contribution in [0.25, 0.3) is 0 Å². The number of nitrogens with zero attached hydrogens (tertiary/aromatic N) is 1. The molecule has 0 aliphatic heterocycles. The molecule has 0 N–H and O–H groups in total. The van der Waals surface area contributed by atoms with E-state index in [0.29, 0.717) is 6.04 Å². The summed E-state index contributed by atoms with van der Waals surface area (Å²) >= 11 is 0. The zero-order valence-electron chi connectivity index (χ0n) is 37.7. The van der Waals surface area contributed by atoms with E-state index in [1.54, 1.807) is 42.7 Å². The van der Waals surface area contributed by atoms with E-state index >= 15 is 0 Å². The van der Waals surface area contributed by atoms with Gasteiger partial charge in [0.1, 0.15) is 0 Å². The number of quaternary nitrogens is 1. The molecule has 0 rings (SSSR count). The largest absolute Gasteiger partial charge is 0.491 e. The lowest BCUT2D eigenvalue weighted by Crippen LogP contribution is -2.65. The summed E-state index contributed by atoms with van der Waals surface area (Å²) in [6, 6.07) is 0.691. The fourth-order valence-electron chi connectivity index (χ4n) is 6.11. The predicted molar refractivity (Wildman–Crippen MR) is 230 cm³/mol. The molecule has 0 aromatic carbocycles. The van der Waals surface area contributed by atoms with Gasteiger partial charge in [0.15, 0.2) is 0 Å². The summed E-state index contributed by atoms with van der Waals surface area (Å²) in [6.45, 7) is 30.1.